The highest BCUT2D eigenvalue weighted by Crippen LogP contribution is 2.25. The second kappa shape index (κ2) is 4.63. The Bertz CT molecular complexity index is 756. The number of carbonyl (C=O) groups is 2. The van der Waals surface area contributed by atoms with Gasteiger partial charge in [-0.2, -0.15) is 0 Å². The van der Waals surface area contributed by atoms with E-state index in [4.69, 9.17) is 4.42 Å². The van der Waals surface area contributed by atoms with Gasteiger partial charge >= 0.3 is 5.76 Å². The summed E-state index contributed by atoms with van der Waals surface area (Å²) >= 11 is 0. The summed E-state index contributed by atoms with van der Waals surface area (Å²) in [5, 5.41) is 2.26. The van der Waals surface area contributed by atoms with Crippen LogP contribution in [-0.2, 0) is 16.0 Å². The second-order valence-electron chi connectivity index (χ2n) is 4.82. The van der Waals surface area contributed by atoms with Gasteiger partial charge in [0.2, 0.25) is 11.8 Å². The first-order valence-corrected chi connectivity index (χ1v) is 6.58. The number of nitrogens with zero attached hydrogens (tertiary/aromatic N) is 1. The van der Waals surface area contributed by atoms with Crippen molar-refractivity contribution in [2.24, 2.45) is 0 Å². The number of imide groups is 1. The van der Waals surface area contributed by atoms with Gasteiger partial charge in [0, 0.05) is 6.42 Å². The van der Waals surface area contributed by atoms with E-state index in [-0.39, 0.29) is 12.3 Å². The number of amides is 2. The molecule has 20 heavy (non-hydrogen) atoms. The monoisotopic (exact) mass is 274 g/mol. The molecule has 0 bridgehead atoms. The fraction of sp³-hybridized carbons (Fsp3) is 0.357. The summed E-state index contributed by atoms with van der Waals surface area (Å²) in [7, 11) is 0. The van der Waals surface area contributed by atoms with E-state index in [2.05, 4.69) is 5.32 Å². The standard InChI is InChI=1S/C14H14N2O4/c1-2-8-4-3-5-9-12(8)20-14(19)16(9)10-6-7-11(17)15-13(10)18/h3-5,10H,2,6-7H2,1H3,(H,15,17,18). The fourth-order valence-corrected chi connectivity index (χ4v) is 2.62. The molecule has 1 atom stereocenters. The summed E-state index contributed by atoms with van der Waals surface area (Å²) in [6.45, 7) is 1.97. The average Bonchev–Trinajstić information content (AvgIpc) is 2.75. The highest BCUT2D eigenvalue weighted by atomic mass is 16.4. The highest BCUT2D eigenvalue weighted by Gasteiger charge is 2.31. The molecule has 1 saturated heterocycles. The molecule has 2 heterocycles. The Morgan fingerprint density at radius 3 is 2.85 bits per heavy atom. The van der Waals surface area contributed by atoms with Crippen molar-refractivity contribution in [1.29, 1.82) is 0 Å². The topological polar surface area (TPSA) is 81.3 Å². The smallest absolute Gasteiger partial charge is 0.407 e. The normalized spacial score (nSPS) is 19.4. The van der Waals surface area contributed by atoms with Crippen LogP contribution in [0.3, 0.4) is 0 Å². The van der Waals surface area contributed by atoms with Crippen molar-refractivity contribution >= 4 is 22.9 Å². The maximum atomic E-state index is 12.1. The number of nitrogens with one attached hydrogen (secondary N) is 1. The van der Waals surface area contributed by atoms with E-state index in [0.29, 0.717) is 17.5 Å². The van der Waals surface area contributed by atoms with Crippen molar-refractivity contribution in [3.05, 3.63) is 34.3 Å². The quantitative estimate of drug-likeness (QED) is 0.832. The van der Waals surface area contributed by atoms with Crippen LogP contribution in [0, 0.1) is 0 Å². The maximum Gasteiger partial charge on any atom is 0.420 e. The minimum atomic E-state index is -0.687. The van der Waals surface area contributed by atoms with Crippen LogP contribution in [0.25, 0.3) is 11.1 Å². The minimum Gasteiger partial charge on any atom is -0.407 e. The second-order valence-corrected chi connectivity index (χ2v) is 4.82. The zero-order chi connectivity index (χ0) is 14.3. The van der Waals surface area contributed by atoms with Gasteiger partial charge < -0.3 is 4.42 Å². The Morgan fingerprint density at radius 1 is 1.35 bits per heavy atom. The number of benzene rings is 1. The van der Waals surface area contributed by atoms with Crippen LogP contribution in [0.5, 0.6) is 0 Å². The molecule has 0 radical (unpaired) electrons. The van der Waals surface area contributed by atoms with E-state index in [0.717, 1.165) is 12.0 Å². The molecule has 3 rings (SSSR count). The van der Waals surface area contributed by atoms with Crippen molar-refractivity contribution in [3.63, 3.8) is 0 Å². The number of aromatic nitrogens is 1. The van der Waals surface area contributed by atoms with Crippen molar-refractivity contribution in [3.8, 4) is 0 Å². The number of fused-ring (bicyclic) bond motifs is 1. The molecular weight excluding hydrogens is 260 g/mol. The molecule has 6 nitrogen and oxygen atoms in total. The SMILES string of the molecule is CCc1cccc2c1oc(=O)n2C1CCC(=O)NC1=O. The molecule has 1 aromatic carbocycles. The largest absolute Gasteiger partial charge is 0.420 e. The van der Waals surface area contributed by atoms with Crippen molar-refractivity contribution in [2.45, 2.75) is 32.2 Å². The van der Waals surface area contributed by atoms with E-state index in [1.807, 2.05) is 19.1 Å². The van der Waals surface area contributed by atoms with Gasteiger partial charge in [0.15, 0.2) is 5.58 Å². The third kappa shape index (κ3) is 1.84. The first-order chi connectivity index (χ1) is 9.61. The summed E-state index contributed by atoms with van der Waals surface area (Å²) in [5.74, 6) is -1.32. The van der Waals surface area contributed by atoms with Gasteiger partial charge in [0.25, 0.3) is 0 Å². The number of oxazole rings is 1. The van der Waals surface area contributed by atoms with Crippen LogP contribution >= 0.6 is 0 Å². The van der Waals surface area contributed by atoms with E-state index < -0.39 is 17.7 Å². The third-order valence-corrected chi connectivity index (χ3v) is 3.62. The zero-order valence-corrected chi connectivity index (χ0v) is 11.0. The molecule has 1 aromatic heterocycles. The summed E-state index contributed by atoms with van der Waals surface area (Å²) in [6, 6.07) is 4.79. The molecule has 6 heteroatoms. The zero-order valence-electron chi connectivity index (χ0n) is 11.0. The number of carbonyl (C=O) groups excluding carboxylic acids is 2. The molecule has 0 saturated carbocycles. The summed E-state index contributed by atoms with van der Waals surface area (Å²) in [6.07, 6.45) is 1.28. The third-order valence-electron chi connectivity index (χ3n) is 3.62. The molecule has 1 aliphatic heterocycles. The molecule has 2 amide bonds. The minimum absolute atomic E-state index is 0.225. The number of hydrogen-bond acceptors (Lipinski definition) is 4. The Morgan fingerprint density at radius 2 is 2.15 bits per heavy atom. The van der Waals surface area contributed by atoms with Crippen molar-refractivity contribution in [2.75, 3.05) is 0 Å². The summed E-state index contributed by atoms with van der Waals surface area (Å²) in [5.41, 5.74) is 2.04. The molecule has 1 aliphatic rings. The molecule has 2 aromatic rings. The molecular formula is C14H14N2O4. The Labute approximate surface area is 114 Å². The van der Waals surface area contributed by atoms with Crippen LogP contribution in [0.1, 0.15) is 31.4 Å². The number of piperidine rings is 1. The molecule has 0 aliphatic carbocycles. The number of rotatable bonds is 2. The fourth-order valence-electron chi connectivity index (χ4n) is 2.62. The molecule has 104 valence electrons. The number of para-hydroxylation sites is 1. The van der Waals surface area contributed by atoms with Gasteiger partial charge in [-0.25, -0.2) is 4.79 Å². The summed E-state index contributed by atoms with van der Waals surface area (Å²) in [4.78, 5) is 35.2. The lowest BCUT2D eigenvalue weighted by atomic mass is 10.1. The summed E-state index contributed by atoms with van der Waals surface area (Å²) < 4.78 is 6.64. The molecule has 0 spiro atoms. The number of hydrogen-bond donors (Lipinski definition) is 1. The molecule has 1 unspecified atom stereocenters. The van der Waals surface area contributed by atoms with E-state index in [9.17, 15) is 14.4 Å². The predicted molar refractivity (Wildman–Crippen MR) is 71.3 cm³/mol. The van der Waals surface area contributed by atoms with Crippen LogP contribution in [0.2, 0.25) is 0 Å². The Hall–Kier alpha value is -2.37. The lowest BCUT2D eigenvalue weighted by molar-refractivity contribution is -0.135. The van der Waals surface area contributed by atoms with Gasteiger partial charge in [-0.3, -0.25) is 19.5 Å². The van der Waals surface area contributed by atoms with Gasteiger partial charge in [0.05, 0.1) is 5.52 Å². The Kier molecular flexibility index (Phi) is 2.93. The average molecular weight is 274 g/mol. The van der Waals surface area contributed by atoms with Crippen molar-refractivity contribution < 1.29 is 14.0 Å². The first-order valence-electron chi connectivity index (χ1n) is 6.58. The van der Waals surface area contributed by atoms with Crippen LogP contribution in [0.15, 0.2) is 27.4 Å². The maximum absolute atomic E-state index is 12.1. The lowest BCUT2D eigenvalue weighted by Crippen LogP contribution is -2.43. The van der Waals surface area contributed by atoms with Crippen LogP contribution in [-0.4, -0.2) is 16.4 Å². The molecule has 1 N–H and O–H groups in total. The van der Waals surface area contributed by atoms with Gasteiger partial charge in [0.1, 0.15) is 6.04 Å². The van der Waals surface area contributed by atoms with E-state index in [1.165, 1.54) is 4.57 Å². The van der Waals surface area contributed by atoms with Gasteiger partial charge in [-0.15, -0.1) is 0 Å². The van der Waals surface area contributed by atoms with E-state index >= 15 is 0 Å². The Balaban J connectivity index is 2.17. The van der Waals surface area contributed by atoms with E-state index in [1.54, 1.807) is 6.07 Å². The molecule has 1 fully saturated rings. The van der Waals surface area contributed by atoms with Gasteiger partial charge in [-0.05, 0) is 24.5 Å². The predicted octanol–water partition coefficient (Wildman–Crippen LogP) is 1.13. The lowest BCUT2D eigenvalue weighted by Gasteiger charge is -2.21. The first kappa shape index (κ1) is 12.7. The number of aryl methyl sites for hydroxylation is 1. The van der Waals surface area contributed by atoms with Crippen LogP contribution in [0.4, 0.5) is 0 Å². The van der Waals surface area contributed by atoms with Crippen molar-refractivity contribution in [1.82, 2.24) is 9.88 Å². The van der Waals surface area contributed by atoms with Crippen LogP contribution < -0.4 is 11.1 Å². The van der Waals surface area contributed by atoms with Gasteiger partial charge in [-0.1, -0.05) is 19.1 Å². The highest BCUT2D eigenvalue weighted by molar-refractivity contribution is 6.00.